The summed E-state index contributed by atoms with van der Waals surface area (Å²) in [5.74, 6) is 0.0559. The van der Waals surface area contributed by atoms with Crippen molar-refractivity contribution in [1.82, 2.24) is 9.78 Å². The molecule has 0 aliphatic rings. The van der Waals surface area contributed by atoms with Crippen LogP contribution in [0.15, 0.2) is 77.8 Å². The van der Waals surface area contributed by atoms with Crippen LogP contribution in [-0.2, 0) is 6.61 Å². The highest BCUT2D eigenvalue weighted by atomic mass is 35.5. The van der Waals surface area contributed by atoms with Gasteiger partial charge >= 0.3 is 5.97 Å². The van der Waals surface area contributed by atoms with Crippen molar-refractivity contribution in [1.29, 1.82) is 0 Å². The van der Waals surface area contributed by atoms with Crippen LogP contribution in [0, 0.1) is 0 Å². The molecule has 0 amide bonds. The van der Waals surface area contributed by atoms with Gasteiger partial charge in [-0.25, -0.2) is 9.48 Å². The lowest BCUT2D eigenvalue weighted by Gasteiger charge is -2.16. The van der Waals surface area contributed by atoms with Gasteiger partial charge in [0.15, 0.2) is 0 Å². The average molecular weight is 542 g/mol. The van der Waals surface area contributed by atoms with Crippen molar-refractivity contribution >= 4 is 40.9 Å². The molecule has 8 heteroatoms. The first-order valence-corrected chi connectivity index (χ1v) is 13.1. The van der Waals surface area contributed by atoms with Gasteiger partial charge < -0.3 is 9.84 Å². The summed E-state index contributed by atoms with van der Waals surface area (Å²) >= 11 is 14.5. The van der Waals surface area contributed by atoms with E-state index in [9.17, 15) is 9.90 Å². The monoisotopic (exact) mass is 540 g/mol. The molecule has 0 radical (unpaired) electrons. The van der Waals surface area contributed by atoms with Gasteiger partial charge in [0.1, 0.15) is 18.0 Å². The number of rotatable bonds is 9. The lowest BCUT2D eigenvalue weighted by atomic mass is 10.0. The number of nitrogens with zero attached hydrogens (tertiary/aromatic N) is 2. The fourth-order valence-electron chi connectivity index (χ4n) is 3.86. The van der Waals surface area contributed by atoms with E-state index in [0.29, 0.717) is 22.3 Å². The zero-order valence-electron chi connectivity index (χ0n) is 20.1. The predicted octanol–water partition coefficient (Wildman–Crippen LogP) is 8.43. The summed E-state index contributed by atoms with van der Waals surface area (Å²) in [6.07, 6.45) is 1.84. The Balaban J connectivity index is 1.49. The maximum absolute atomic E-state index is 11.2. The Hall–Kier alpha value is -2.93. The molecule has 1 unspecified atom stereocenters. The van der Waals surface area contributed by atoms with E-state index in [2.05, 4.69) is 25.9 Å². The Kier molecular flexibility index (Phi) is 8.29. The molecule has 0 bridgehead atoms. The third-order valence-electron chi connectivity index (χ3n) is 5.79. The molecule has 1 atom stereocenters. The third kappa shape index (κ3) is 5.89. The number of hydrogen-bond acceptors (Lipinski definition) is 4. The number of aromatic nitrogens is 2. The van der Waals surface area contributed by atoms with Gasteiger partial charge in [0, 0.05) is 10.1 Å². The molecule has 1 heterocycles. The minimum absolute atomic E-state index is 0.138. The first kappa shape index (κ1) is 26.1. The van der Waals surface area contributed by atoms with Gasteiger partial charge in [-0.15, -0.1) is 11.8 Å². The molecule has 0 spiro atoms. The predicted molar refractivity (Wildman–Crippen MR) is 146 cm³/mol. The molecule has 186 valence electrons. The fourth-order valence-corrected chi connectivity index (χ4v) is 5.47. The van der Waals surface area contributed by atoms with Crippen molar-refractivity contribution in [2.24, 2.45) is 0 Å². The van der Waals surface area contributed by atoms with E-state index in [0.717, 1.165) is 27.5 Å². The van der Waals surface area contributed by atoms with E-state index < -0.39 is 5.97 Å². The number of thioether (sulfide) groups is 1. The van der Waals surface area contributed by atoms with Crippen molar-refractivity contribution in [2.45, 2.75) is 43.4 Å². The molecule has 1 aromatic heterocycles. The van der Waals surface area contributed by atoms with E-state index in [4.69, 9.17) is 27.9 Å². The Labute approximate surface area is 225 Å². The third-order valence-corrected chi connectivity index (χ3v) is 7.55. The van der Waals surface area contributed by atoms with Crippen LogP contribution >= 0.6 is 35.0 Å². The summed E-state index contributed by atoms with van der Waals surface area (Å²) < 4.78 is 7.92. The van der Waals surface area contributed by atoms with Gasteiger partial charge in [-0.2, -0.15) is 5.10 Å². The highest BCUT2D eigenvalue weighted by Crippen LogP contribution is 2.36. The Morgan fingerprint density at radius 1 is 1.03 bits per heavy atom. The van der Waals surface area contributed by atoms with E-state index >= 15 is 0 Å². The van der Waals surface area contributed by atoms with Crippen LogP contribution < -0.4 is 4.74 Å². The van der Waals surface area contributed by atoms with Crippen LogP contribution in [-0.4, -0.2) is 20.9 Å². The number of para-hydroxylation sites is 1. The minimum Gasteiger partial charge on any atom is -0.487 e. The molecule has 1 N–H and O–H groups in total. The van der Waals surface area contributed by atoms with Gasteiger partial charge in [-0.05, 0) is 66.4 Å². The van der Waals surface area contributed by atoms with Crippen LogP contribution in [0.3, 0.4) is 0 Å². The Morgan fingerprint density at radius 3 is 2.33 bits per heavy atom. The molecule has 0 fully saturated rings. The first-order chi connectivity index (χ1) is 17.2. The normalized spacial score (nSPS) is 12.1. The van der Waals surface area contributed by atoms with Gasteiger partial charge in [-0.3, -0.25) is 0 Å². The number of carboxylic acid groups (broad SMARTS) is 1. The van der Waals surface area contributed by atoms with E-state index in [1.807, 2.05) is 36.5 Å². The number of hydrogen-bond donors (Lipinski definition) is 1. The van der Waals surface area contributed by atoms with Crippen LogP contribution in [0.2, 0.25) is 10.0 Å². The maximum atomic E-state index is 11.2. The van der Waals surface area contributed by atoms with E-state index in [1.54, 1.807) is 52.8 Å². The van der Waals surface area contributed by atoms with Crippen LogP contribution in [0.25, 0.3) is 5.69 Å². The lowest BCUT2D eigenvalue weighted by Crippen LogP contribution is -2.09. The number of benzene rings is 3. The number of aromatic carboxylic acids is 1. The highest BCUT2D eigenvalue weighted by molar-refractivity contribution is 7.99. The lowest BCUT2D eigenvalue weighted by molar-refractivity contribution is 0.0696. The molecule has 5 nitrogen and oxygen atoms in total. The quantitative estimate of drug-likeness (QED) is 0.216. The van der Waals surface area contributed by atoms with Crippen molar-refractivity contribution in [2.75, 3.05) is 0 Å². The molecular formula is C28H26Cl2N2O3S. The number of carbonyl (C=O) groups is 1. The van der Waals surface area contributed by atoms with Crippen molar-refractivity contribution in [3.8, 4) is 11.4 Å². The second-order valence-corrected chi connectivity index (χ2v) is 10.9. The molecule has 4 aromatic rings. The van der Waals surface area contributed by atoms with Crippen molar-refractivity contribution in [3.63, 3.8) is 0 Å². The summed E-state index contributed by atoms with van der Waals surface area (Å²) in [5.41, 5.74) is 4.00. The average Bonchev–Trinajstić information content (AvgIpc) is 3.27. The largest absolute Gasteiger partial charge is 0.487 e. The SMILES string of the molecule is CC(C)c1cnn(-c2c(Cl)cccc2Cl)c1COc1ccc(C(C)Sc2cccc(C(=O)O)c2)cc1. The van der Waals surface area contributed by atoms with Gasteiger partial charge in [0.25, 0.3) is 0 Å². The standard InChI is InChI=1S/C28H26Cl2N2O3S/c1-17(2)23-15-31-32(27-24(29)8-5-9-25(27)30)26(23)16-35-21-12-10-19(11-13-21)18(3)36-22-7-4-6-20(14-22)28(33)34/h4-15,17-18H,16H2,1-3H3,(H,33,34). The van der Waals surface area contributed by atoms with Crippen molar-refractivity contribution in [3.05, 3.63) is 105 Å². The van der Waals surface area contributed by atoms with E-state index in [1.165, 1.54) is 0 Å². The number of halogens is 2. The zero-order valence-corrected chi connectivity index (χ0v) is 22.4. The topological polar surface area (TPSA) is 64.4 Å². The van der Waals surface area contributed by atoms with Crippen LogP contribution in [0.4, 0.5) is 0 Å². The summed E-state index contributed by atoms with van der Waals surface area (Å²) in [7, 11) is 0. The molecular weight excluding hydrogens is 515 g/mol. The summed E-state index contributed by atoms with van der Waals surface area (Å²) in [5, 5.41) is 15.0. The fraction of sp³-hybridized carbons (Fsp3) is 0.214. The summed E-state index contributed by atoms with van der Waals surface area (Å²) in [6.45, 7) is 6.62. The molecule has 0 saturated heterocycles. The molecule has 3 aromatic carbocycles. The minimum atomic E-state index is -0.926. The molecule has 0 saturated carbocycles. The van der Waals surface area contributed by atoms with Gasteiger partial charge in [0.05, 0.1) is 27.5 Å². The second kappa shape index (κ2) is 11.4. The Bertz CT molecular complexity index is 1350. The van der Waals surface area contributed by atoms with Crippen molar-refractivity contribution < 1.29 is 14.6 Å². The zero-order chi connectivity index (χ0) is 25.8. The molecule has 36 heavy (non-hydrogen) atoms. The number of carboxylic acids is 1. The maximum Gasteiger partial charge on any atom is 0.335 e. The second-order valence-electron chi connectivity index (χ2n) is 8.63. The molecule has 4 rings (SSSR count). The first-order valence-electron chi connectivity index (χ1n) is 11.5. The van der Waals surface area contributed by atoms with Gasteiger partial charge in [0.2, 0.25) is 0 Å². The van der Waals surface area contributed by atoms with Crippen LogP contribution in [0.1, 0.15) is 59.1 Å². The number of ether oxygens (including phenoxy) is 1. The summed E-state index contributed by atoms with van der Waals surface area (Å²) in [4.78, 5) is 12.2. The summed E-state index contributed by atoms with van der Waals surface area (Å²) in [6, 6.07) is 20.3. The van der Waals surface area contributed by atoms with Gasteiger partial charge in [-0.1, -0.05) is 61.3 Å². The van der Waals surface area contributed by atoms with E-state index in [-0.39, 0.29) is 16.7 Å². The smallest absolute Gasteiger partial charge is 0.335 e. The molecule has 0 aliphatic heterocycles. The van der Waals surface area contributed by atoms with Crippen LogP contribution in [0.5, 0.6) is 5.75 Å². The molecule has 0 aliphatic carbocycles. The highest BCUT2D eigenvalue weighted by Gasteiger charge is 2.19. The Morgan fingerprint density at radius 2 is 1.69 bits per heavy atom.